The van der Waals surface area contributed by atoms with Gasteiger partial charge in [0.2, 0.25) is 0 Å². The standard InChI is InChI=1S/C19H26N4O2/c1-14-6-9-23-16(13-21-11-15(24)12-21)18(20-17(23)10-14)19(25)22-7-4-2-3-5-8-22/h6,9-10,15,24H,2-5,7-8,11-13H2,1H3. The fourth-order valence-corrected chi connectivity index (χ4v) is 3.83. The highest BCUT2D eigenvalue weighted by Crippen LogP contribution is 2.22. The Morgan fingerprint density at radius 3 is 2.64 bits per heavy atom. The van der Waals surface area contributed by atoms with Crippen molar-refractivity contribution >= 4 is 11.6 Å². The number of rotatable bonds is 3. The van der Waals surface area contributed by atoms with E-state index in [0.29, 0.717) is 25.3 Å². The maximum Gasteiger partial charge on any atom is 0.274 e. The lowest BCUT2D eigenvalue weighted by Gasteiger charge is -2.35. The van der Waals surface area contributed by atoms with Gasteiger partial charge < -0.3 is 14.4 Å². The number of fused-ring (bicyclic) bond motifs is 1. The molecule has 0 atom stereocenters. The summed E-state index contributed by atoms with van der Waals surface area (Å²) in [5, 5.41) is 9.57. The zero-order valence-corrected chi connectivity index (χ0v) is 14.8. The van der Waals surface area contributed by atoms with Gasteiger partial charge in [0.25, 0.3) is 5.91 Å². The Hall–Kier alpha value is -1.92. The molecule has 0 spiro atoms. The van der Waals surface area contributed by atoms with Crippen LogP contribution in [0.3, 0.4) is 0 Å². The highest BCUT2D eigenvalue weighted by atomic mass is 16.3. The van der Waals surface area contributed by atoms with Crippen molar-refractivity contribution < 1.29 is 9.90 Å². The Morgan fingerprint density at radius 2 is 1.96 bits per heavy atom. The predicted octanol–water partition coefficient (Wildman–Crippen LogP) is 1.84. The molecule has 0 radical (unpaired) electrons. The van der Waals surface area contributed by atoms with Crippen molar-refractivity contribution in [2.75, 3.05) is 26.2 Å². The van der Waals surface area contributed by atoms with Gasteiger partial charge >= 0.3 is 0 Å². The second-order valence-electron chi connectivity index (χ2n) is 7.39. The lowest BCUT2D eigenvalue weighted by Crippen LogP contribution is -2.50. The zero-order chi connectivity index (χ0) is 17.4. The highest BCUT2D eigenvalue weighted by Gasteiger charge is 2.29. The quantitative estimate of drug-likeness (QED) is 0.924. The number of pyridine rings is 1. The van der Waals surface area contributed by atoms with Gasteiger partial charge in [-0.05, 0) is 37.5 Å². The first kappa shape index (κ1) is 16.5. The summed E-state index contributed by atoms with van der Waals surface area (Å²) < 4.78 is 2.03. The summed E-state index contributed by atoms with van der Waals surface area (Å²) in [6.45, 7) is 5.67. The SMILES string of the molecule is Cc1ccn2c(CN3CC(O)C3)c(C(=O)N3CCCCCC3)nc2c1. The average molecular weight is 342 g/mol. The fraction of sp³-hybridized carbons (Fsp3) is 0.579. The number of aliphatic hydroxyl groups excluding tert-OH is 1. The monoisotopic (exact) mass is 342 g/mol. The van der Waals surface area contributed by atoms with Gasteiger partial charge in [-0.3, -0.25) is 9.69 Å². The summed E-state index contributed by atoms with van der Waals surface area (Å²) in [6, 6.07) is 4.07. The van der Waals surface area contributed by atoms with Crippen LogP contribution in [0.4, 0.5) is 0 Å². The molecule has 1 amide bonds. The first-order valence-electron chi connectivity index (χ1n) is 9.29. The van der Waals surface area contributed by atoms with Crippen LogP contribution in [-0.4, -0.2) is 62.5 Å². The molecule has 0 unspecified atom stereocenters. The molecule has 6 heteroatoms. The Morgan fingerprint density at radius 1 is 1.24 bits per heavy atom. The van der Waals surface area contributed by atoms with Gasteiger partial charge in [-0.1, -0.05) is 12.8 Å². The number of nitrogens with zero attached hydrogens (tertiary/aromatic N) is 4. The number of aryl methyl sites for hydroxylation is 1. The molecule has 0 aliphatic carbocycles. The van der Waals surface area contributed by atoms with E-state index in [4.69, 9.17) is 4.98 Å². The Labute approximate surface area is 148 Å². The third-order valence-corrected chi connectivity index (χ3v) is 5.29. The number of amides is 1. The lowest BCUT2D eigenvalue weighted by molar-refractivity contribution is -0.00383. The summed E-state index contributed by atoms with van der Waals surface area (Å²) >= 11 is 0. The van der Waals surface area contributed by atoms with Crippen LogP contribution < -0.4 is 0 Å². The van der Waals surface area contributed by atoms with Crippen LogP contribution >= 0.6 is 0 Å². The van der Waals surface area contributed by atoms with Gasteiger partial charge in [0.1, 0.15) is 5.65 Å². The molecular weight excluding hydrogens is 316 g/mol. The molecule has 4 heterocycles. The number of aliphatic hydroxyl groups is 1. The van der Waals surface area contributed by atoms with Gasteiger partial charge in [-0.25, -0.2) is 4.98 Å². The molecule has 0 saturated carbocycles. The van der Waals surface area contributed by atoms with Crippen molar-refractivity contribution in [2.45, 2.75) is 45.3 Å². The van der Waals surface area contributed by atoms with E-state index in [1.54, 1.807) is 0 Å². The molecule has 0 aromatic carbocycles. The minimum Gasteiger partial charge on any atom is -0.390 e. The van der Waals surface area contributed by atoms with E-state index in [0.717, 1.165) is 42.8 Å². The number of β-amino-alcohol motifs (C(OH)–C–C–N with tert-alkyl or cyclic N) is 1. The maximum atomic E-state index is 13.2. The average Bonchev–Trinajstić information content (AvgIpc) is 2.74. The van der Waals surface area contributed by atoms with E-state index in [9.17, 15) is 9.90 Å². The number of likely N-dealkylation sites (tertiary alicyclic amines) is 2. The normalized spacial score (nSPS) is 19.8. The molecule has 2 saturated heterocycles. The van der Waals surface area contributed by atoms with E-state index in [-0.39, 0.29) is 12.0 Å². The molecule has 25 heavy (non-hydrogen) atoms. The van der Waals surface area contributed by atoms with Crippen molar-refractivity contribution in [2.24, 2.45) is 0 Å². The minimum atomic E-state index is -0.244. The third-order valence-electron chi connectivity index (χ3n) is 5.29. The van der Waals surface area contributed by atoms with E-state index >= 15 is 0 Å². The van der Waals surface area contributed by atoms with E-state index in [2.05, 4.69) is 4.90 Å². The van der Waals surface area contributed by atoms with Crippen LogP contribution in [0.5, 0.6) is 0 Å². The molecule has 1 N–H and O–H groups in total. The second kappa shape index (κ2) is 6.77. The summed E-state index contributed by atoms with van der Waals surface area (Å²) in [7, 11) is 0. The minimum absolute atomic E-state index is 0.0549. The zero-order valence-electron chi connectivity index (χ0n) is 14.8. The number of carbonyl (C=O) groups is 1. The largest absolute Gasteiger partial charge is 0.390 e. The maximum absolute atomic E-state index is 13.2. The molecule has 2 aliphatic heterocycles. The molecule has 2 aromatic rings. The summed E-state index contributed by atoms with van der Waals surface area (Å²) in [4.78, 5) is 22.0. The smallest absolute Gasteiger partial charge is 0.274 e. The number of aromatic nitrogens is 2. The topological polar surface area (TPSA) is 61.1 Å². The van der Waals surface area contributed by atoms with Gasteiger partial charge in [0.05, 0.1) is 11.8 Å². The molecular formula is C19H26N4O2. The van der Waals surface area contributed by atoms with Crippen molar-refractivity contribution in [3.05, 3.63) is 35.3 Å². The first-order valence-corrected chi connectivity index (χ1v) is 9.29. The van der Waals surface area contributed by atoms with Crippen molar-refractivity contribution in [1.29, 1.82) is 0 Å². The summed E-state index contributed by atoms with van der Waals surface area (Å²) in [5.41, 5.74) is 3.48. The van der Waals surface area contributed by atoms with Crippen LogP contribution in [-0.2, 0) is 6.54 Å². The van der Waals surface area contributed by atoms with Crippen molar-refractivity contribution in [3.63, 3.8) is 0 Å². The molecule has 6 nitrogen and oxygen atoms in total. The van der Waals surface area contributed by atoms with E-state index in [1.165, 1.54) is 12.8 Å². The van der Waals surface area contributed by atoms with Gasteiger partial charge in [-0.15, -0.1) is 0 Å². The van der Waals surface area contributed by atoms with Gasteiger partial charge in [0, 0.05) is 38.9 Å². The Kier molecular flexibility index (Phi) is 4.48. The first-order chi connectivity index (χ1) is 12.1. The molecule has 0 bridgehead atoms. The van der Waals surface area contributed by atoms with Gasteiger partial charge in [-0.2, -0.15) is 0 Å². The van der Waals surface area contributed by atoms with Crippen LogP contribution in [0, 0.1) is 6.92 Å². The van der Waals surface area contributed by atoms with Crippen LogP contribution in [0.1, 0.15) is 47.4 Å². The predicted molar refractivity (Wildman–Crippen MR) is 95.6 cm³/mol. The Balaban J connectivity index is 1.69. The third kappa shape index (κ3) is 3.28. The molecule has 2 fully saturated rings. The number of hydrogen-bond acceptors (Lipinski definition) is 4. The summed E-state index contributed by atoms with van der Waals surface area (Å²) in [6.07, 6.45) is 6.31. The number of carbonyl (C=O) groups excluding carboxylic acids is 1. The molecule has 134 valence electrons. The second-order valence-corrected chi connectivity index (χ2v) is 7.39. The van der Waals surface area contributed by atoms with Crippen LogP contribution in [0.25, 0.3) is 5.65 Å². The Bertz CT molecular complexity index is 771. The van der Waals surface area contributed by atoms with Crippen molar-refractivity contribution in [3.8, 4) is 0 Å². The summed E-state index contributed by atoms with van der Waals surface area (Å²) in [5.74, 6) is 0.0549. The fourth-order valence-electron chi connectivity index (χ4n) is 3.83. The highest BCUT2D eigenvalue weighted by molar-refractivity contribution is 5.94. The number of imidazole rings is 1. The van der Waals surface area contributed by atoms with Crippen LogP contribution in [0.15, 0.2) is 18.3 Å². The molecule has 4 rings (SSSR count). The van der Waals surface area contributed by atoms with E-state index < -0.39 is 0 Å². The lowest BCUT2D eigenvalue weighted by atomic mass is 10.1. The van der Waals surface area contributed by atoms with Crippen LogP contribution in [0.2, 0.25) is 0 Å². The van der Waals surface area contributed by atoms with Crippen molar-refractivity contribution in [1.82, 2.24) is 19.2 Å². The van der Waals surface area contributed by atoms with E-state index in [1.807, 2.05) is 34.6 Å². The number of hydrogen-bond donors (Lipinski definition) is 1. The molecule has 2 aromatic heterocycles. The molecule has 2 aliphatic rings. The van der Waals surface area contributed by atoms with Gasteiger partial charge in [0.15, 0.2) is 5.69 Å².